The third-order valence-electron chi connectivity index (χ3n) is 5.72. The molecular weight excluding hydrogens is 336 g/mol. The molecule has 1 rings (SSSR count). The summed E-state index contributed by atoms with van der Waals surface area (Å²) < 4.78 is 17.6. The van der Waals surface area contributed by atoms with Crippen LogP contribution in [0.5, 0.6) is 0 Å². The first-order valence-electron chi connectivity index (χ1n) is 9.62. The van der Waals surface area contributed by atoms with Gasteiger partial charge in [-0.3, -0.25) is 4.79 Å². The van der Waals surface area contributed by atoms with Crippen LogP contribution in [0, 0.1) is 0 Å². The van der Waals surface area contributed by atoms with E-state index in [4.69, 9.17) is 13.3 Å². The summed E-state index contributed by atoms with van der Waals surface area (Å²) in [5.41, 5.74) is 0.642. The SMILES string of the molecule is CCC[Si](CCC)(OC(=O)C(C)(CC)[Si](OC)OC)C1CCCC1. The summed E-state index contributed by atoms with van der Waals surface area (Å²) in [6, 6.07) is 2.19. The Labute approximate surface area is 151 Å². The molecule has 1 aliphatic carbocycles. The lowest BCUT2D eigenvalue weighted by Gasteiger charge is -2.40. The van der Waals surface area contributed by atoms with Gasteiger partial charge in [0.15, 0.2) is 0 Å². The lowest BCUT2D eigenvalue weighted by Crippen LogP contribution is -2.50. The van der Waals surface area contributed by atoms with Gasteiger partial charge in [0.25, 0.3) is 14.3 Å². The molecule has 0 aliphatic heterocycles. The molecule has 1 saturated carbocycles. The van der Waals surface area contributed by atoms with E-state index in [1.165, 1.54) is 25.7 Å². The van der Waals surface area contributed by atoms with E-state index in [0.717, 1.165) is 24.9 Å². The van der Waals surface area contributed by atoms with Gasteiger partial charge in [-0.1, -0.05) is 46.5 Å². The molecule has 0 aromatic carbocycles. The van der Waals surface area contributed by atoms with Gasteiger partial charge in [0, 0.05) is 14.2 Å². The molecule has 1 atom stereocenters. The van der Waals surface area contributed by atoms with E-state index in [1.807, 2.05) is 13.8 Å². The van der Waals surface area contributed by atoms with E-state index in [-0.39, 0.29) is 5.97 Å². The van der Waals surface area contributed by atoms with Crippen LogP contribution in [-0.2, 0) is 18.1 Å². The molecule has 0 aromatic rings. The molecule has 6 heteroatoms. The highest BCUT2D eigenvalue weighted by molar-refractivity contribution is 6.77. The minimum Gasteiger partial charge on any atom is -0.518 e. The molecule has 0 amide bonds. The Morgan fingerprint density at radius 3 is 1.96 bits per heavy atom. The number of hydrogen-bond donors (Lipinski definition) is 0. The second-order valence-corrected chi connectivity index (χ2v) is 14.0. The van der Waals surface area contributed by atoms with Gasteiger partial charge in [0.05, 0.1) is 0 Å². The van der Waals surface area contributed by atoms with Gasteiger partial charge in [-0.15, -0.1) is 0 Å². The van der Waals surface area contributed by atoms with Crippen molar-refractivity contribution in [2.45, 2.75) is 95.3 Å². The molecule has 0 N–H and O–H groups in total. The van der Waals surface area contributed by atoms with Crippen LogP contribution in [-0.4, -0.2) is 37.8 Å². The molecule has 1 unspecified atom stereocenters. The van der Waals surface area contributed by atoms with Crippen molar-refractivity contribution in [3.8, 4) is 0 Å². The van der Waals surface area contributed by atoms with Crippen LogP contribution >= 0.6 is 0 Å². The van der Waals surface area contributed by atoms with Crippen LogP contribution < -0.4 is 0 Å². The Morgan fingerprint density at radius 2 is 1.58 bits per heavy atom. The van der Waals surface area contributed by atoms with Crippen molar-refractivity contribution < 1.29 is 18.1 Å². The molecule has 4 nitrogen and oxygen atoms in total. The van der Waals surface area contributed by atoms with Gasteiger partial charge in [-0.05, 0) is 43.8 Å². The first-order valence-corrected chi connectivity index (χ1v) is 13.3. The third kappa shape index (κ3) is 4.71. The molecule has 141 valence electrons. The summed E-state index contributed by atoms with van der Waals surface area (Å²) in [4.78, 5) is 13.3. The highest BCUT2D eigenvalue weighted by Crippen LogP contribution is 2.47. The molecule has 1 radical (unpaired) electrons. The number of rotatable bonds is 11. The lowest BCUT2D eigenvalue weighted by molar-refractivity contribution is -0.139. The monoisotopic (exact) mass is 373 g/mol. The Hall–Kier alpha value is -0.176. The summed E-state index contributed by atoms with van der Waals surface area (Å²) in [7, 11) is -0.478. The van der Waals surface area contributed by atoms with Crippen molar-refractivity contribution in [1.82, 2.24) is 0 Å². The Morgan fingerprint density at radius 1 is 1.08 bits per heavy atom. The molecule has 0 saturated heterocycles. The highest BCUT2D eigenvalue weighted by Gasteiger charge is 2.52. The largest absolute Gasteiger partial charge is 0.518 e. The molecule has 0 heterocycles. The zero-order valence-electron chi connectivity index (χ0n) is 16.6. The average Bonchev–Trinajstić information content (AvgIpc) is 3.11. The topological polar surface area (TPSA) is 44.8 Å². The van der Waals surface area contributed by atoms with Gasteiger partial charge < -0.3 is 13.3 Å². The van der Waals surface area contributed by atoms with Crippen molar-refractivity contribution in [3.63, 3.8) is 0 Å². The van der Waals surface area contributed by atoms with Crippen LogP contribution in [0.2, 0.25) is 22.7 Å². The molecular formula is C18H37O4Si2. The minimum absolute atomic E-state index is 0.0666. The summed E-state index contributed by atoms with van der Waals surface area (Å²) in [5.74, 6) is -0.0666. The van der Waals surface area contributed by atoms with Crippen molar-refractivity contribution in [1.29, 1.82) is 0 Å². The predicted molar refractivity (Wildman–Crippen MR) is 103 cm³/mol. The second kappa shape index (κ2) is 10.1. The van der Waals surface area contributed by atoms with Gasteiger partial charge in [-0.2, -0.15) is 0 Å². The smallest absolute Gasteiger partial charge is 0.402 e. The maximum atomic E-state index is 13.3. The Bertz CT molecular complexity index is 375. The predicted octanol–water partition coefficient (Wildman–Crippen LogP) is 5.19. The first-order chi connectivity index (χ1) is 11.4. The van der Waals surface area contributed by atoms with E-state index in [0.29, 0.717) is 12.0 Å². The van der Waals surface area contributed by atoms with Crippen molar-refractivity contribution in [2.24, 2.45) is 0 Å². The quantitative estimate of drug-likeness (QED) is 0.467. The van der Waals surface area contributed by atoms with Crippen LogP contribution in [0.1, 0.15) is 72.6 Å². The van der Waals surface area contributed by atoms with Crippen molar-refractivity contribution in [2.75, 3.05) is 14.2 Å². The van der Waals surface area contributed by atoms with Gasteiger partial charge >= 0.3 is 9.28 Å². The van der Waals surface area contributed by atoms with Crippen LogP contribution in [0.25, 0.3) is 0 Å². The van der Waals surface area contributed by atoms with E-state index in [2.05, 4.69) is 13.8 Å². The normalized spacial score (nSPS) is 18.8. The van der Waals surface area contributed by atoms with E-state index < -0.39 is 22.6 Å². The fourth-order valence-corrected chi connectivity index (χ4v) is 11.1. The molecule has 0 aromatic heterocycles. The molecule has 1 aliphatic rings. The van der Waals surface area contributed by atoms with Gasteiger partial charge in [-0.25, -0.2) is 0 Å². The van der Waals surface area contributed by atoms with Crippen LogP contribution in [0.3, 0.4) is 0 Å². The summed E-state index contributed by atoms with van der Waals surface area (Å²) in [6.45, 7) is 8.43. The van der Waals surface area contributed by atoms with E-state index in [1.54, 1.807) is 14.2 Å². The van der Waals surface area contributed by atoms with Crippen LogP contribution in [0.15, 0.2) is 0 Å². The van der Waals surface area contributed by atoms with Crippen LogP contribution in [0.4, 0.5) is 0 Å². The molecule has 0 bridgehead atoms. The summed E-state index contributed by atoms with van der Waals surface area (Å²) in [6.07, 6.45) is 7.97. The highest BCUT2D eigenvalue weighted by atomic mass is 28.4. The molecule has 24 heavy (non-hydrogen) atoms. The average molecular weight is 374 g/mol. The number of carbonyl (C=O) groups is 1. The third-order valence-corrected chi connectivity index (χ3v) is 13.3. The lowest BCUT2D eigenvalue weighted by atomic mass is 10.1. The van der Waals surface area contributed by atoms with Gasteiger partial charge in [0.2, 0.25) is 0 Å². The van der Waals surface area contributed by atoms with E-state index in [9.17, 15) is 4.79 Å². The minimum atomic E-state index is -2.07. The second-order valence-electron chi connectivity index (χ2n) is 7.32. The maximum absolute atomic E-state index is 13.3. The summed E-state index contributed by atoms with van der Waals surface area (Å²) in [5, 5.41) is -0.646. The summed E-state index contributed by atoms with van der Waals surface area (Å²) >= 11 is 0. The van der Waals surface area contributed by atoms with E-state index >= 15 is 0 Å². The Balaban J connectivity index is 3.08. The number of carbonyl (C=O) groups excluding carboxylic acids is 1. The first kappa shape index (κ1) is 21.9. The zero-order chi connectivity index (χ0) is 18.2. The standard InChI is InChI=1S/C18H37O4Si2/c1-7-14-24(15-8-2,16-12-10-11-13-16)22-17(19)18(4,9-3)23(20-5)21-6/h16H,7-15H2,1-6H3. The maximum Gasteiger partial charge on any atom is 0.402 e. The fraction of sp³-hybridized carbons (Fsp3) is 0.944. The molecule has 0 spiro atoms. The number of hydrogen-bond acceptors (Lipinski definition) is 4. The molecule has 1 fully saturated rings. The fourth-order valence-electron chi connectivity index (χ4n) is 4.22. The Kier molecular flexibility index (Phi) is 9.19. The van der Waals surface area contributed by atoms with Crippen molar-refractivity contribution in [3.05, 3.63) is 0 Å². The van der Waals surface area contributed by atoms with Crippen molar-refractivity contribution >= 4 is 23.6 Å². The zero-order valence-corrected chi connectivity index (χ0v) is 18.6. The van der Waals surface area contributed by atoms with Gasteiger partial charge in [0.1, 0.15) is 5.04 Å².